The first kappa shape index (κ1) is 23.5. The van der Waals surface area contributed by atoms with Crippen molar-refractivity contribution in [1.82, 2.24) is 0 Å². The van der Waals surface area contributed by atoms with Gasteiger partial charge in [-0.2, -0.15) is 0 Å². The summed E-state index contributed by atoms with van der Waals surface area (Å²) in [6.07, 6.45) is 1.98. The number of hydrogen-bond donors (Lipinski definition) is 2. The van der Waals surface area contributed by atoms with Crippen LogP contribution in [0.25, 0.3) is 0 Å². The molecular formula is C24H20Cl2N4O4. The lowest BCUT2D eigenvalue weighted by Gasteiger charge is -2.17. The second kappa shape index (κ2) is 10.1. The van der Waals surface area contributed by atoms with Crippen LogP contribution in [0.15, 0.2) is 60.7 Å². The van der Waals surface area contributed by atoms with Crippen LogP contribution >= 0.6 is 23.2 Å². The lowest BCUT2D eigenvalue weighted by molar-refractivity contribution is -0.384. The van der Waals surface area contributed by atoms with Gasteiger partial charge in [-0.25, -0.2) is 0 Å². The number of rotatable bonds is 6. The van der Waals surface area contributed by atoms with E-state index in [1.165, 1.54) is 18.2 Å². The van der Waals surface area contributed by atoms with Crippen molar-refractivity contribution < 1.29 is 14.5 Å². The SMILES string of the molecule is O=C(Nc1ccc(NC(=O)c2ccc(Cl)cc2Cl)cc1)c1ccc(N2CCCC2)c([N+](=O)[O-])c1. The van der Waals surface area contributed by atoms with Crippen molar-refractivity contribution >= 4 is 57.8 Å². The van der Waals surface area contributed by atoms with Gasteiger partial charge in [0.15, 0.2) is 0 Å². The largest absolute Gasteiger partial charge is 0.366 e. The monoisotopic (exact) mass is 498 g/mol. The summed E-state index contributed by atoms with van der Waals surface area (Å²) < 4.78 is 0. The fourth-order valence-electron chi connectivity index (χ4n) is 3.75. The van der Waals surface area contributed by atoms with E-state index in [0.29, 0.717) is 22.1 Å². The number of carbonyl (C=O) groups is 2. The van der Waals surface area contributed by atoms with Crippen LogP contribution in [-0.2, 0) is 0 Å². The maximum absolute atomic E-state index is 12.7. The van der Waals surface area contributed by atoms with Crippen molar-refractivity contribution in [2.75, 3.05) is 28.6 Å². The highest BCUT2D eigenvalue weighted by molar-refractivity contribution is 6.37. The Morgan fingerprint density at radius 1 is 0.853 bits per heavy atom. The average molecular weight is 499 g/mol. The summed E-state index contributed by atoms with van der Waals surface area (Å²) in [6, 6.07) is 15.6. The Labute approximate surface area is 205 Å². The molecule has 1 fully saturated rings. The van der Waals surface area contributed by atoms with Gasteiger partial charge in [0.05, 0.1) is 15.5 Å². The summed E-state index contributed by atoms with van der Waals surface area (Å²) in [5, 5.41) is 17.7. The molecule has 1 aliphatic heterocycles. The smallest absolute Gasteiger partial charge is 0.293 e. The third-order valence-electron chi connectivity index (χ3n) is 5.46. The molecule has 2 amide bonds. The average Bonchev–Trinajstić information content (AvgIpc) is 3.34. The number of anilines is 3. The molecule has 10 heteroatoms. The van der Waals surface area contributed by atoms with Crippen molar-refractivity contribution in [2.45, 2.75) is 12.8 Å². The van der Waals surface area contributed by atoms with Crippen LogP contribution in [0.4, 0.5) is 22.7 Å². The normalized spacial score (nSPS) is 12.9. The summed E-state index contributed by atoms with van der Waals surface area (Å²) in [4.78, 5) is 38.2. The van der Waals surface area contributed by atoms with Crippen LogP contribution in [0.1, 0.15) is 33.6 Å². The number of carbonyl (C=O) groups excluding carboxylic acids is 2. The highest BCUT2D eigenvalue weighted by Crippen LogP contribution is 2.32. The van der Waals surface area contributed by atoms with E-state index < -0.39 is 16.7 Å². The van der Waals surface area contributed by atoms with E-state index in [9.17, 15) is 19.7 Å². The molecular weight excluding hydrogens is 479 g/mol. The van der Waals surface area contributed by atoms with E-state index in [1.54, 1.807) is 42.5 Å². The lowest BCUT2D eigenvalue weighted by Crippen LogP contribution is -2.19. The van der Waals surface area contributed by atoms with E-state index in [2.05, 4.69) is 10.6 Å². The zero-order valence-corrected chi connectivity index (χ0v) is 19.4. The fraction of sp³-hybridized carbons (Fsp3) is 0.167. The molecule has 0 unspecified atom stereocenters. The van der Waals surface area contributed by atoms with Crippen molar-refractivity contribution in [1.29, 1.82) is 0 Å². The number of hydrogen-bond acceptors (Lipinski definition) is 5. The lowest BCUT2D eigenvalue weighted by atomic mass is 10.1. The van der Waals surface area contributed by atoms with Crippen molar-refractivity contribution in [3.63, 3.8) is 0 Å². The molecule has 0 radical (unpaired) electrons. The molecule has 0 aliphatic carbocycles. The first-order valence-electron chi connectivity index (χ1n) is 10.5. The number of benzene rings is 3. The molecule has 174 valence electrons. The first-order chi connectivity index (χ1) is 16.3. The van der Waals surface area contributed by atoms with Crippen LogP contribution in [0.2, 0.25) is 10.0 Å². The molecule has 1 heterocycles. The van der Waals surface area contributed by atoms with Gasteiger partial charge in [0.2, 0.25) is 0 Å². The predicted molar refractivity (Wildman–Crippen MR) is 133 cm³/mol. The molecule has 0 atom stereocenters. The number of amides is 2. The zero-order chi connectivity index (χ0) is 24.2. The fourth-order valence-corrected chi connectivity index (χ4v) is 4.24. The second-order valence-electron chi connectivity index (χ2n) is 7.76. The number of nitrogens with one attached hydrogen (secondary N) is 2. The summed E-state index contributed by atoms with van der Waals surface area (Å²) in [5.41, 5.74) is 1.87. The van der Waals surface area contributed by atoms with Gasteiger partial charge < -0.3 is 15.5 Å². The van der Waals surface area contributed by atoms with Crippen molar-refractivity contribution in [3.05, 3.63) is 92.0 Å². The van der Waals surface area contributed by atoms with Gasteiger partial charge in [0.25, 0.3) is 17.5 Å². The summed E-state index contributed by atoms with van der Waals surface area (Å²) in [6.45, 7) is 1.53. The van der Waals surface area contributed by atoms with Gasteiger partial charge in [0.1, 0.15) is 5.69 Å². The number of halogens is 2. The van der Waals surface area contributed by atoms with Crippen LogP contribution in [0, 0.1) is 10.1 Å². The molecule has 0 spiro atoms. The van der Waals surface area contributed by atoms with Gasteiger partial charge in [-0.3, -0.25) is 19.7 Å². The highest BCUT2D eigenvalue weighted by atomic mass is 35.5. The van der Waals surface area contributed by atoms with E-state index in [4.69, 9.17) is 23.2 Å². The summed E-state index contributed by atoms with van der Waals surface area (Å²) in [5.74, 6) is -0.871. The molecule has 1 aliphatic rings. The highest BCUT2D eigenvalue weighted by Gasteiger charge is 2.24. The first-order valence-corrected chi connectivity index (χ1v) is 11.3. The molecule has 0 saturated carbocycles. The molecule has 34 heavy (non-hydrogen) atoms. The van der Waals surface area contributed by atoms with Crippen LogP contribution in [0.3, 0.4) is 0 Å². The maximum Gasteiger partial charge on any atom is 0.293 e. The topological polar surface area (TPSA) is 105 Å². The van der Waals surface area contributed by atoms with Gasteiger partial charge in [-0.1, -0.05) is 23.2 Å². The quantitative estimate of drug-likeness (QED) is 0.320. The number of nitro benzene ring substituents is 1. The van der Waals surface area contributed by atoms with E-state index in [-0.39, 0.29) is 21.8 Å². The third-order valence-corrected chi connectivity index (χ3v) is 6.01. The Balaban J connectivity index is 1.44. The number of nitro groups is 1. The Bertz CT molecular complexity index is 1260. The molecule has 3 aromatic rings. The molecule has 0 aromatic heterocycles. The molecule has 4 rings (SSSR count). The third kappa shape index (κ3) is 5.30. The molecule has 0 bridgehead atoms. The van der Waals surface area contributed by atoms with E-state index >= 15 is 0 Å². The Hall–Kier alpha value is -3.62. The summed E-state index contributed by atoms with van der Waals surface area (Å²) in [7, 11) is 0. The van der Waals surface area contributed by atoms with Crippen LogP contribution in [-0.4, -0.2) is 29.8 Å². The van der Waals surface area contributed by atoms with Crippen molar-refractivity contribution in [3.8, 4) is 0 Å². The Kier molecular flexibility index (Phi) is 7.00. The van der Waals surface area contributed by atoms with Crippen LogP contribution < -0.4 is 15.5 Å². The van der Waals surface area contributed by atoms with Gasteiger partial charge >= 0.3 is 0 Å². The maximum atomic E-state index is 12.7. The van der Waals surface area contributed by atoms with Crippen LogP contribution in [0.5, 0.6) is 0 Å². The Morgan fingerprint density at radius 3 is 2.06 bits per heavy atom. The molecule has 1 saturated heterocycles. The minimum Gasteiger partial charge on any atom is -0.366 e. The Morgan fingerprint density at radius 2 is 1.47 bits per heavy atom. The second-order valence-corrected chi connectivity index (χ2v) is 8.61. The van der Waals surface area contributed by atoms with E-state index in [0.717, 1.165) is 25.9 Å². The minimum atomic E-state index is -0.471. The van der Waals surface area contributed by atoms with Crippen molar-refractivity contribution in [2.24, 2.45) is 0 Å². The zero-order valence-electron chi connectivity index (χ0n) is 17.9. The molecule has 8 nitrogen and oxygen atoms in total. The van der Waals surface area contributed by atoms with Gasteiger partial charge in [-0.15, -0.1) is 0 Å². The number of nitrogens with zero attached hydrogens (tertiary/aromatic N) is 2. The van der Waals surface area contributed by atoms with Gasteiger partial charge in [0, 0.05) is 41.1 Å². The molecule has 2 N–H and O–H groups in total. The minimum absolute atomic E-state index is 0.0894. The standard InChI is InChI=1S/C24H20Cl2N4O4/c25-16-4-9-19(20(26)14-16)24(32)28-18-7-5-17(6-8-18)27-23(31)15-3-10-21(22(13-15)30(33)34)29-11-1-2-12-29/h3-10,13-14H,1-2,11-12H2,(H,27,31)(H,28,32). The van der Waals surface area contributed by atoms with E-state index in [1.807, 2.05) is 4.90 Å². The summed E-state index contributed by atoms with van der Waals surface area (Å²) >= 11 is 11.9. The molecule has 3 aromatic carbocycles. The van der Waals surface area contributed by atoms with Gasteiger partial charge in [-0.05, 0) is 67.4 Å². The predicted octanol–water partition coefficient (Wildman–Crippen LogP) is 6.01.